The highest BCUT2D eigenvalue weighted by Gasteiger charge is 2.13. The molecular weight excluding hydrogens is 316 g/mol. The van der Waals surface area contributed by atoms with Gasteiger partial charge in [-0.1, -0.05) is 32.0 Å². The van der Waals surface area contributed by atoms with Crippen LogP contribution in [0, 0.1) is 0 Å². The van der Waals surface area contributed by atoms with E-state index < -0.39 is 0 Å². The third kappa shape index (κ3) is 4.60. The number of amides is 2. The Morgan fingerprint density at radius 3 is 2.40 bits per heavy atom. The SMILES string of the molecule is CCN(CC)CCCN(C)C(=O)Nc1cn(C)c(=O)c2ccccc12. The Labute approximate surface area is 149 Å². The first-order valence-electron chi connectivity index (χ1n) is 8.80. The van der Waals surface area contributed by atoms with Gasteiger partial charge in [0.15, 0.2) is 0 Å². The van der Waals surface area contributed by atoms with E-state index in [1.807, 2.05) is 18.2 Å². The Balaban J connectivity index is 2.06. The summed E-state index contributed by atoms with van der Waals surface area (Å²) >= 11 is 0. The van der Waals surface area contributed by atoms with E-state index in [0.29, 0.717) is 17.6 Å². The van der Waals surface area contributed by atoms with Crippen LogP contribution in [-0.4, -0.2) is 53.6 Å². The van der Waals surface area contributed by atoms with Crippen molar-refractivity contribution >= 4 is 22.5 Å². The fourth-order valence-electron chi connectivity index (χ4n) is 2.90. The fourth-order valence-corrected chi connectivity index (χ4v) is 2.90. The second kappa shape index (κ2) is 8.67. The molecule has 0 atom stereocenters. The average molecular weight is 344 g/mol. The molecule has 0 saturated carbocycles. The van der Waals surface area contributed by atoms with Gasteiger partial charge in [0.1, 0.15) is 0 Å². The minimum atomic E-state index is -0.164. The number of fused-ring (bicyclic) bond motifs is 1. The second-order valence-electron chi connectivity index (χ2n) is 6.24. The molecule has 0 radical (unpaired) electrons. The third-order valence-corrected chi connectivity index (χ3v) is 4.54. The molecule has 1 aromatic heterocycles. The van der Waals surface area contributed by atoms with Crippen molar-refractivity contribution in [3.8, 4) is 0 Å². The van der Waals surface area contributed by atoms with Crippen LogP contribution >= 0.6 is 0 Å². The van der Waals surface area contributed by atoms with E-state index in [1.165, 1.54) is 4.57 Å². The first kappa shape index (κ1) is 19.0. The van der Waals surface area contributed by atoms with E-state index in [9.17, 15) is 9.59 Å². The molecule has 25 heavy (non-hydrogen) atoms. The van der Waals surface area contributed by atoms with Gasteiger partial charge in [-0.15, -0.1) is 0 Å². The zero-order valence-corrected chi connectivity index (χ0v) is 15.6. The summed E-state index contributed by atoms with van der Waals surface area (Å²) in [5, 5.41) is 4.30. The summed E-state index contributed by atoms with van der Waals surface area (Å²) in [5.41, 5.74) is 0.583. The number of rotatable bonds is 7. The lowest BCUT2D eigenvalue weighted by molar-refractivity contribution is 0.217. The van der Waals surface area contributed by atoms with E-state index in [4.69, 9.17) is 0 Å². The molecule has 0 aliphatic rings. The largest absolute Gasteiger partial charge is 0.328 e. The number of aryl methyl sites for hydroxylation is 1. The predicted molar refractivity (Wildman–Crippen MR) is 103 cm³/mol. The maximum absolute atomic E-state index is 12.5. The van der Waals surface area contributed by atoms with Gasteiger partial charge < -0.3 is 19.7 Å². The first-order valence-corrected chi connectivity index (χ1v) is 8.80. The third-order valence-electron chi connectivity index (χ3n) is 4.54. The number of carbonyl (C=O) groups excluding carboxylic acids is 1. The van der Waals surface area contributed by atoms with Gasteiger partial charge in [-0.3, -0.25) is 4.79 Å². The van der Waals surface area contributed by atoms with Gasteiger partial charge in [0.25, 0.3) is 5.56 Å². The number of anilines is 1. The number of carbonyl (C=O) groups is 1. The zero-order chi connectivity index (χ0) is 18.4. The Hall–Kier alpha value is -2.34. The molecule has 1 heterocycles. The van der Waals surface area contributed by atoms with E-state index in [2.05, 4.69) is 24.1 Å². The standard InChI is InChI=1S/C19H28N4O2/c1-5-23(6-2)13-9-12-21(3)19(25)20-17-14-22(4)18(24)16-11-8-7-10-15(16)17/h7-8,10-11,14H,5-6,9,12-13H2,1-4H3,(H,20,25). The lowest BCUT2D eigenvalue weighted by atomic mass is 10.1. The molecule has 0 unspecified atom stereocenters. The number of urea groups is 1. The van der Waals surface area contributed by atoms with Crippen LogP contribution < -0.4 is 10.9 Å². The van der Waals surface area contributed by atoms with Crippen LogP contribution in [0.15, 0.2) is 35.3 Å². The summed E-state index contributed by atoms with van der Waals surface area (Å²) in [6.07, 6.45) is 2.60. The van der Waals surface area contributed by atoms with Crippen molar-refractivity contribution in [2.45, 2.75) is 20.3 Å². The van der Waals surface area contributed by atoms with Crippen LogP contribution in [0.1, 0.15) is 20.3 Å². The first-order chi connectivity index (χ1) is 12.0. The van der Waals surface area contributed by atoms with Gasteiger partial charge in [0, 0.05) is 37.6 Å². The van der Waals surface area contributed by atoms with Crippen molar-refractivity contribution in [2.24, 2.45) is 7.05 Å². The smallest absolute Gasteiger partial charge is 0.321 e. The second-order valence-corrected chi connectivity index (χ2v) is 6.24. The molecule has 0 aliphatic carbocycles. The molecule has 1 aromatic carbocycles. The van der Waals surface area contributed by atoms with Crippen LogP contribution in [0.3, 0.4) is 0 Å². The van der Waals surface area contributed by atoms with Gasteiger partial charge in [0.05, 0.1) is 5.69 Å². The van der Waals surface area contributed by atoms with Crippen molar-refractivity contribution in [3.05, 3.63) is 40.8 Å². The van der Waals surface area contributed by atoms with Gasteiger partial charge in [-0.25, -0.2) is 4.79 Å². The summed E-state index contributed by atoms with van der Waals surface area (Å²) in [6, 6.07) is 7.16. The molecule has 0 aliphatic heterocycles. The van der Waals surface area contributed by atoms with Gasteiger partial charge in [-0.05, 0) is 32.1 Å². The minimum absolute atomic E-state index is 0.0684. The molecule has 0 spiro atoms. The Morgan fingerprint density at radius 2 is 1.76 bits per heavy atom. The molecule has 0 fully saturated rings. The highest BCUT2D eigenvalue weighted by Crippen LogP contribution is 2.20. The summed E-state index contributed by atoms with van der Waals surface area (Å²) in [4.78, 5) is 28.7. The van der Waals surface area contributed by atoms with Crippen LogP contribution in [-0.2, 0) is 7.05 Å². The summed E-state index contributed by atoms with van der Waals surface area (Å²) in [7, 11) is 3.49. The predicted octanol–water partition coefficient (Wildman–Crippen LogP) is 2.73. The lowest BCUT2D eigenvalue weighted by Crippen LogP contribution is -2.34. The van der Waals surface area contributed by atoms with Gasteiger partial charge in [-0.2, -0.15) is 0 Å². The monoisotopic (exact) mass is 344 g/mol. The number of pyridine rings is 1. The number of nitrogens with one attached hydrogen (secondary N) is 1. The summed E-state index contributed by atoms with van der Waals surface area (Å²) < 4.78 is 1.50. The number of benzene rings is 1. The van der Waals surface area contributed by atoms with Crippen molar-refractivity contribution in [1.29, 1.82) is 0 Å². The maximum atomic E-state index is 12.5. The molecule has 6 nitrogen and oxygen atoms in total. The Kier molecular flexibility index (Phi) is 6.58. The molecule has 2 aromatic rings. The number of hydrogen-bond acceptors (Lipinski definition) is 3. The van der Waals surface area contributed by atoms with Crippen LogP contribution in [0.2, 0.25) is 0 Å². The van der Waals surface area contributed by atoms with Crippen LogP contribution in [0.25, 0.3) is 10.8 Å². The molecule has 136 valence electrons. The van der Waals surface area contributed by atoms with Crippen molar-refractivity contribution < 1.29 is 4.79 Å². The quantitative estimate of drug-likeness (QED) is 0.840. The summed E-state index contributed by atoms with van der Waals surface area (Å²) in [5.74, 6) is 0. The zero-order valence-electron chi connectivity index (χ0n) is 15.6. The maximum Gasteiger partial charge on any atom is 0.321 e. The Morgan fingerprint density at radius 1 is 1.12 bits per heavy atom. The Bertz CT molecular complexity index is 781. The molecule has 6 heteroatoms. The van der Waals surface area contributed by atoms with Crippen molar-refractivity contribution in [1.82, 2.24) is 14.4 Å². The minimum Gasteiger partial charge on any atom is -0.328 e. The molecule has 2 amide bonds. The van der Waals surface area contributed by atoms with Gasteiger partial charge >= 0.3 is 6.03 Å². The summed E-state index contributed by atoms with van der Waals surface area (Å²) in [6.45, 7) is 8.00. The molecule has 0 bridgehead atoms. The van der Waals surface area contributed by atoms with E-state index >= 15 is 0 Å². The highest BCUT2D eigenvalue weighted by atomic mass is 16.2. The van der Waals surface area contributed by atoms with E-state index in [0.717, 1.165) is 31.4 Å². The molecule has 0 saturated heterocycles. The molecular formula is C19H28N4O2. The van der Waals surface area contributed by atoms with Crippen molar-refractivity contribution in [3.63, 3.8) is 0 Å². The topological polar surface area (TPSA) is 57.6 Å². The molecule has 1 N–H and O–H groups in total. The van der Waals surface area contributed by atoms with E-state index in [-0.39, 0.29) is 11.6 Å². The lowest BCUT2D eigenvalue weighted by Gasteiger charge is -2.22. The molecule has 2 rings (SSSR count). The highest BCUT2D eigenvalue weighted by molar-refractivity contribution is 6.00. The van der Waals surface area contributed by atoms with Crippen LogP contribution in [0.5, 0.6) is 0 Å². The number of hydrogen-bond donors (Lipinski definition) is 1. The van der Waals surface area contributed by atoms with Crippen LogP contribution in [0.4, 0.5) is 10.5 Å². The number of aromatic nitrogens is 1. The van der Waals surface area contributed by atoms with Gasteiger partial charge in [0.2, 0.25) is 0 Å². The van der Waals surface area contributed by atoms with Crippen molar-refractivity contribution in [2.75, 3.05) is 38.5 Å². The van der Waals surface area contributed by atoms with E-state index in [1.54, 1.807) is 31.3 Å². The average Bonchev–Trinajstić information content (AvgIpc) is 2.62. The number of nitrogens with zero attached hydrogens (tertiary/aromatic N) is 3. The fraction of sp³-hybridized carbons (Fsp3) is 0.474. The normalized spacial score (nSPS) is 11.1.